The maximum absolute atomic E-state index is 12.2. The molecule has 0 atom stereocenters. The fourth-order valence-corrected chi connectivity index (χ4v) is 2.46. The molecule has 0 bridgehead atoms. The number of nitrogens with zero attached hydrogens (tertiary/aromatic N) is 1. The molecule has 25 heavy (non-hydrogen) atoms. The molecule has 0 saturated carbocycles. The highest BCUT2D eigenvalue weighted by molar-refractivity contribution is 9.10. The number of esters is 1. The number of hydrogen-bond acceptors (Lipinski definition) is 5. The second kappa shape index (κ2) is 9.17. The van der Waals surface area contributed by atoms with Crippen LogP contribution in [0.3, 0.4) is 0 Å². The third-order valence-corrected chi connectivity index (χ3v) is 3.85. The highest BCUT2D eigenvalue weighted by atomic mass is 79.9. The van der Waals surface area contributed by atoms with Crippen LogP contribution in [-0.4, -0.2) is 30.6 Å². The number of aromatic nitrogens is 1. The normalized spacial score (nSPS) is 10.2. The predicted octanol–water partition coefficient (Wildman–Crippen LogP) is 3.60. The van der Waals surface area contributed by atoms with Crippen molar-refractivity contribution in [3.63, 3.8) is 0 Å². The summed E-state index contributed by atoms with van der Waals surface area (Å²) in [5, 5.41) is 2.72. The molecule has 0 unspecified atom stereocenters. The summed E-state index contributed by atoms with van der Waals surface area (Å²) in [6.45, 7) is 1.95. The first-order chi connectivity index (χ1) is 12.0. The van der Waals surface area contributed by atoms with Gasteiger partial charge >= 0.3 is 5.97 Å². The number of rotatable bonds is 7. The molecule has 132 valence electrons. The number of methoxy groups -OCH3 is 1. The number of amides is 1. The Hall–Kier alpha value is -2.41. The first-order valence-electron chi connectivity index (χ1n) is 7.80. The molecular weight excluding hydrogens is 388 g/mol. The van der Waals surface area contributed by atoms with Gasteiger partial charge in [-0.1, -0.05) is 12.1 Å². The van der Waals surface area contributed by atoms with Crippen LogP contribution in [0.1, 0.15) is 29.4 Å². The van der Waals surface area contributed by atoms with Gasteiger partial charge in [0.1, 0.15) is 10.4 Å². The number of nitrogens with one attached hydrogen (secondary N) is 1. The average Bonchev–Trinajstić information content (AvgIpc) is 2.62. The topological polar surface area (TPSA) is 77.5 Å². The second-order valence-electron chi connectivity index (χ2n) is 5.15. The van der Waals surface area contributed by atoms with Crippen LogP contribution in [0.2, 0.25) is 0 Å². The Morgan fingerprint density at radius 3 is 2.52 bits per heavy atom. The molecule has 0 spiro atoms. The number of pyridine rings is 1. The van der Waals surface area contributed by atoms with E-state index in [1.165, 1.54) is 0 Å². The monoisotopic (exact) mass is 406 g/mol. The van der Waals surface area contributed by atoms with Gasteiger partial charge in [-0.15, -0.1) is 0 Å². The fourth-order valence-electron chi connectivity index (χ4n) is 2.15. The Balaban J connectivity index is 2.00. The van der Waals surface area contributed by atoms with E-state index in [-0.39, 0.29) is 24.6 Å². The molecule has 1 aromatic heterocycles. The molecule has 7 heteroatoms. The van der Waals surface area contributed by atoms with Gasteiger partial charge in [-0.05, 0) is 59.1 Å². The van der Waals surface area contributed by atoms with Crippen LogP contribution < -0.4 is 10.1 Å². The summed E-state index contributed by atoms with van der Waals surface area (Å²) in [6.07, 6.45) is 0.860. The van der Waals surface area contributed by atoms with E-state index < -0.39 is 5.97 Å². The highest BCUT2D eigenvalue weighted by Crippen LogP contribution is 2.19. The third-order valence-electron chi connectivity index (χ3n) is 3.40. The van der Waals surface area contributed by atoms with Gasteiger partial charge in [-0.3, -0.25) is 4.79 Å². The van der Waals surface area contributed by atoms with Crippen molar-refractivity contribution in [3.8, 4) is 5.75 Å². The minimum absolute atomic E-state index is 0.0778. The molecule has 2 rings (SSSR count). The second-order valence-corrected chi connectivity index (χ2v) is 5.96. The molecule has 1 heterocycles. The zero-order valence-electron chi connectivity index (χ0n) is 14.0. The fraction of sp³-hybridized carbons (Fsp3) is 0.278. The lowest BCUT2D eigenvalue weighted by atomic mass is 10.1. The summed E-state index contributed by atoms with van der Waals surface area (Å²) in [6, 6.07) is 10.8. The van der Waals surface area contributed by atoms with Gasteiger partial charge in [0.2, 0.25) is 5.91 Å². The minimum atomic E-state index is -0.575. The molecule has 0 aliphatic heterocycles. The molecule has 1 amide bonds. The summed E-state index contributed by atoms with van der Waals surface area (Å²) in [5.74, 6) is -0.00652. The van der Waals surface area contributed by atoms with Crippen molar-refractivity contribution < 1.29 is 19.1 Å². The van der Waals surface area contributed by atoms with Gasteiger partial charge in [0.25, 0.3) is 0 Å². The SMILES string of the molecule is CCOC(=O)c1nc(Br)ccc1NC(=O)CCc1ccc(OC)cc1. The summed E-state index contributed by atoms with van der Waals surface area (Å²) in [7, 11) is 1.61. The number of carbonyl (C=O) groups excluding carboxylic acids is 2. The first kappa shape index (κ1) is 18.9. The van der Waals surface area contributed by atoms with Crippen molar-refractivity contribution >= 4 is 33.5 Å². The van der Waals surface area contributed by atoms with Crippen LogP contribution in [0.4, 0.5) is 5.69 Å². The number of ether oxygens (including phenoxy) is 2. The van der Waals surface area contributed by atoms with Crippen LogP contribution in [-0.2, 0) is 16.0 Å². The smallest absolute Gasteiger partial charge is 0.359 e. The van der Waals surface area contributed by atoms with Crippen LogP contribution in [0.25, 0.3) is 0 Å². The summed E-state index contributed by atoms with van der Waals surface area (Å²) >= 11 is 3.21. The number of carbonyl (C=O) groups is 2. The molecule has 6 nitrogen and oxygen atoms in total. The number of anilines is 1. The largest absolute Gasteiger partial charge is 0.497 e. The van der Waals surface area contributed by atoms with E-state index in [2.05, 4.69) is 26.2 Å². The van der Waals surface area contributed by atoms with E-state index in [1.54, 1.807) is 26.2 Å². The average molecular weight is 407 g/mol. The van der Waals surface area contributed by atoms with Gasteiger partial charge in [-0.2, -0.15) is 0 Å². The quantitative estimate of drug-likeness (QED) is 0.561. The van der Waals surface area contributed by atoms with Crippen LogP contribution >= 0.6 is 15.9 Å². The van der Waals surface area contributed by atoms with E-state index in [0.29, 0.717) is 16.7 Å². The van der Waals surface area contributed by atoms with Crippen LogP contribution in [0.5, 0.6) is 5.75 Å². The van der Waals surface area contributed by atoms with Gasteiger partial charge in [0, 0.05) is 6.42 Å². The molecular formula is C18H19BrN2O4. The Morgan fingerprint density at radius 2 is 1.88 bits per heavy atom. The van der Waals surface area contributed by atoms with E-state index in [0.717, 1.165) is 11.3 Å². The Bertz CT molecular complexity index is 747. The standard InChI is InChI=1S/C18H19BrN2O4/c1-3-25-18(23)17-14(9-10-15(19)21-17)20-16(22)11-6-12-4-7-13(24-2)8-5-12/h4-5,7-10H,3,6,11H2,1-2H3,(H,20,22). The molecule has 0 aliphatic carbocycles. The highest BCUT2D eigenvalue weighted by Gasteiger charge is 2.17. The van der Waals surface area contributed by atoms with Gasteiger partial charge in [-0.25, -0.2) is 9.78 Å². The van der Waals surface area contributed by atoms with E-state index in [9.17, 15) is 9.59 Å². The number of halogens is 1. The lowest BCUT2D eigenvalue weighted by Crippen LogP contribution is -2.17. The van der Waals surface area contributed by atoms with Crippen molar-refractivity contribution in [2.75, 3.05) is 19.0 Å². The van der Waals surface area contributed by atoms with E-state index >= 15 is 0 Å². The van der Waals surface area contributed by atoms with E-state index in [4.69, 9.17) is 9.47 Å². The van der Waals surface area contributed by atoms with Crippen molar-refractivity contribution in [2.24, 2.45) is 0 Å². The summed E-state index contributed by atoms with van der Waals surface area (Å²) in [4.78, 5) is 28.3. The van der Waals surface area contributed by atoms with Crippen molar-refractivity contribution in [1.29, 1.82) is 0 Å². The lowest BCUT2D eigenvalue weighted by Gasteiger charge is -2.10. The molecule has 0 fully saturated rings. The minimum Gasteiger partial charge on any atom is -0.497 e. The van der Waals surface area contributed by atoms with Gasteiger partial charge in [0.15, 0.2) is 5.69 Å². The first-order valence-corrected chi connectivity index (χ1v) is 8.59. The maximum atomic E-state index is 12.2. The summed E-state index contributed by atoms with van der Waals surface area (Å²) < 4.78 is 10.6. The summed E-state index contributed by atoms with van der Waals surface area (Å²) in [5.41, 5.74) is 1.44. The Kier molecular flexibility index (Phi) is 6.94. The van der Waals surface area contributed by atoms with Crippen LogP contribution in [0, 0.1) is 0 Å². The molecule has 0 radical (unpaired) electrons. The zero-order valence-corrected chi connectivity index (χ0v) is 15.6. The van der Waals surface area contributed by atoms with Crippen molar-refractivity contribution in [2.45, 2.75) is 19.8 Å². The van der Waals surface area contributed by atoms with Crippen molar-refractivity contribution in [1.82, 2.24) is 4.98 Å². The Labute approximate surface area is 154 Å². The van der Waals surface area contributed by atoms with Gasteiger partial charge < -0.3 is 14.8 Å². The van der Waals surface area contributed by atoms with Crippen LogP contribution in [0.15, 0.2) is 41.0 Å². The van der Waals surface area contributed by atoms with E-state index in [1.807, 2.05) is 24.3 Å². The molecule has 1 N–H and O–H groups in total. The van der Waals surface area contributed by atoms with Crippen molar-refractivity contribution in [3.05, 3.63) is 52.3 Å². The molecule has 0 saturated heterocycles. The maximum Gasteiger partial charge on any atom is 0.359 e. The number of aryl methyl sites for hydroxylation is 1. The Morgan fingerprint density at radius 1 is 1.16 bits per heavy atom. The zero-order chi connectivity index (χ0) is 18.2. The van der Waals surface area contributed by atoms with Gasteiger partial charge in [0.05, 0.1) is 19.4 Å². The number of hydrogen-bond donors (Lipinski definition) is 1. The number of benzene rings is 1. The molecule has 1 aromatic carbocycles. The predicted molar refractivity (Wildman–Crippen MR) is 97.8 cm³/mol. The third kappa shape index (κ3) is 5.56. The lowest BCUT2D eigenvalue weighted by molar-refractivity contribution is -0.116. The molecule has 2 aromatic rings. The molecule has 0 aliphatic rings.